The Balaban J connectivity index is 1.95. The van der Waals surface area contributed by atoms with E-state index >= 15 is 0 Å². The number of carbonyl (C=O) groups excluding carboxylic acids is 2. The van der Waals surface area contributed by atoms with E-state index in [1.54, 1.807) is 32.2 Å². The molecule has 0 saturated heterocycles. The molecule has 6 nitrogen and oxygen atoms in total. The van der Waals surface area contributed by atoms with Gasteiger partial charge in [-0.2, -0.15) is 0 Å². The number of ether oxygens (including phenoxy) is 3. The Labute approximate surface area is 168 Å². The first-order valence-electron chi connectivity index (χ1n) is 9.36. The van der Waals surface area contributed by atoms with Gasteiger partial charge in [0.25, 0.3) is 5.91 Å². The quantitative estimate of drug-likeness (QED) is 0.712. The van der Waals surface area contributed by atoms with Gasteiger partial charge in [-0.05, 0) is 55.9 Å². The van der Waals surface area contributed by atoms with Crippen LogP contribution in [0, 0.1) is 0 Å². The molecule has 28 heavy (non-hydrogen) atoms. The molecule has 7 heteroatoms. The van der Waals surface area contributed by atoms with Gasteiger partial charge in [-0.25, -0.2) is 4.79 Å². The number of benzene rings is 1. The third kappa shape index (κ3) is 3.85. The van der Waals surface area contributed by atoms with Crippen LogP contribution in [0.4, 0.5) is 5.00 Å². The van der Waals surface area contributed by atoms with Crippen LogP contribution < -0.4 is 14.8 Å². The highest BCUT2D eigenvalue weighted by molar-refractivity contribution is 7.17. The number of aryl methyl sites for hydroxylation is 1. The lowest BCUT2D eigenvalue weighted by Gasteiger charge is -2.19. The number of hydrogen-bond acceptors (Lipinski definition) is 6. The molecule has 1 aromatic carbocycles. The van der Waals surface area contributed by atoms with E-state index in [2.05, 4.69) is 12.2 Å². The van der Waals surface area contributed by atoms with Crippen LogP contribution in [0.2, 0.25) is 0 Å². The van der Waals surface area contributed by atoms with E-state index in [1.807, 2.05) is 0 Å². The van der Waals surface area contributed by atoms with Crippen molar-refractivity contribution in [3.8, 4) is 11.5 Å². The highest BCUT2D eigenvalue weighted by atomic mass is 32.1. The summed E-state index contributed by atoms with van der Waals surface area (Å²) < 4.78 is 15.8. The molecule has 1 heterocycles. The van der Waals surface area contributed by atoms with Gasteiger partial charge in [0, 0.05) is 10.4 Å². The number of amides is 1. The number of anilines is 1. The van der Waals surface area contributed by atoms with Crippen molar-refractivity contribution < 1.29 is 23.8 Å². The molecule has 3 rings (SSSR count). The Morgan fingerprint density at radius 3 is 2.64 bits per heavy atom. The minimum atomic E-state index is -0.378. The fourth-order valence-electron chi connectivity index (χ4n) is 3.56. The van der Waals surface area contributed by atoms with E-state index in [9.17, 15) is 9.59 Å². The summed E-state index contributed by atoms with van der Waals surface area (Å²) in [5, 5.41) is 3.47. The second kappa shape index (κ2) is 8.65. The average Bonchev–Trinajstić information content (AvgIpc) is 3.06. The van der Waals surface area contributed by atoms with Gasteiger partial charge in [0.05, 0.1) is 26.4 Å². The van der Waals surface area contributed by atoms with Gasteiger partial charge in [0.1, 0.15) is 5.00 Å². The maximum absolute atomic E-state index is 12.9. The second-order valence-electron chi connectivity index (χ2n) is 6.68. The largest absolute Gasteiger partial charge is 0.493 e. The molecule has 1 aliphatic carbocycles. The lowest BCUT2D eigenvalue weighted by Crippen LogP contribution is -2.16. The van der Waals surface area contributed by atoms with Gasteiger partial charge in [-0.3, -0.25) is 4.79 Å². The summed E-state index contributed by atoms with van der Waals surface area (Å²) in [7, 11) is 3.06. The van der Waals surface area contributed by atoms with Crippen molar-refractivity contribution in [1.29, 1.82) is 0 Å². The van der Waals surface area contributed by atoms with Crippen molar-refractivity contribution in [3.63, 3.8) is 0 Å². The van der Waals surface area contributed by atoms with Crippen LogP contribution in [-0.4, -0.2) is 32.7 Å². The van der Waals surface area contributed by atoms with Crippen molar-refractivity contribution in [2.75, 3.05) is 26.1 Å². The Bertz CT molecular complexity index is 889. The van der Waals surface area contributed by atoms with Crippen molar-refractivity contribution in [3.05, 3.63) is 39.8 Å². The lowest BCUT2D eigenvalue weighted by molar-refractivity contribution is 0.0526. The van der Waals surface area contributed by atoms with Crippen molar-refractivity contribution in [2.24, 2.45) is 0 Å². The van der Waals surface area contributed by atoms with E-state index in [1.165, 1.54) is 18.4 Å². The highest BCUT2D eigenvalue weighted by Crippen LogP contribution is 2.44. The highest BCUT2D eigenvalue weighted by Gasteiger charge is 2.31. The number of esters is 1. The van der Waals surface area contributed by atoms with Crippen LogP contribution in [0.15, 0.2) is 18.2 Å². The number of nitrogens with one attached hydrogen (secondary N) is 1. The molecule has 1 amide bonds. The van der Waals surface area contributed by atoms with Crippen LogP contribution in [0.3, 0.4) is 0 Å². The molecule has 0 radical (unpaired) electrons. The first kappa shape index (κ1) is 20.2. The lowest BCUT2D eigenvalue weighted by atomic mass is 9.86. The molecule has 1 atom stereocenters. The third-order valence-corrected chi connectivity index (χ3v) is 6.09. The molecule has 0 saturated carbocycles. The van der Waals surface area contributed by atoms with Gasteiger partial charge in [-0.15, -0.1) is 11.3 Å². The van der Waals surface area contributed by atoms with E-state index in [-0.39, 0.29) is 17.8 Å². The molecule has 0 spiro atoms. The third-order valence-electron chi connectivity index (χ3n) is 4.91. The Hall–Kier alpha value is -2.54. The van der Waals surface area contributed by atoms with Gasteiger partial charge >= 0.3 is 5.97 Å². The fraction of sp³-hybridized carbons (Fsp3) is 0.429. The predicted octanol–water partition coefficient (Wildman–Crippen LogP) is 4.63. The Morgan fingerprint density at radius 1 is 1.21 bits per heavy atom. The van der Waals surface area contributed by atoms with E-state index < -0.39 is 0 Å². The molecular formula is C21H25NO5S. The summed E-state index contributed by atoms with van der Waals surface area (Å²) in [6, 6.07) is 4.97. The van der Waals surface area contributed by atoms with Gasteiger partial charge in [-0.1, -0.05) is 6.92 Å². The standard InChI is InChI=1S/C21H25NO5S/c1-5-27-21(24)18-17-12(2)7-6-8-16(17)28-20(18)22-19(23)13-9-10-14(25-3)15(11-13)26-4/h9-12H,5-8H2,1-4H3,(H,22,23). The number of carbonyl (C=O) groups is 2. The van der Waals surface area contributed by atoms with Crippen LogP contribution in [0.25, 0.3) is 0 Å². The van der Waals surface area contributed by atoms with Crippen LogP contribution in [-0.2, 0) is 11.2 Å². The van der Waals surface area contributed by atoms with E-state index in [4.69, 9.17) is 14.2 Å². The van der Waals surface area contributed by atoms with E-state index in [0.717, 1.165) is 29.7 Å². The number of rotatable bonds is 6. The molecule has 1 aromatic heterocycles. The SMILES string of the molecule is CCOC(=O)c1c(NC(=O)c2ccc(OC)c(OC)c2)sc2c1C(C)CCC2. The van der Waals surface area contributed by atoms with Crippen LogP contribution >= 0.6 is 11.3 Å². The second-order valence-corrected chi connectivity index (χ2v) is 7.79. The number of hydrogen-bond donors (Lipinski definition) is 1. The summed E-state index contributed by atoms with van der Waals surface area (Å²) in [4.78, 5) is 26.7. The summed E-state index contributed by atoms with van der Waals surface area (Å²) in [6.45, 7) is 4.19. The van der Waals surface area contributed by atoms with Crippen molar-refractivity contribution >= 4 is 28.2 Å². The minimum Gasteiger partial charge on any atom is -0.493 e. The molecule has 1 unspecified atom stereocenters. The minimum absolute atomic E-state index is 0.270. The van der Waals surface area contributed by atoms with Gasteiger partial charge < -0.3 is 19.5 Å². The molecule has 1 N–H and O–H groups in total. The predicted molar refractivity (Wildman–Crippen MR) is 109 cm³/mol. The molecule has 2 aromatic rings. The van der Waals surface area contributed by atoms with Gasteiger partial charge in [0.2, 0.25) is 0 Å². The monoisotopic (exact) mass is 403 g/mol. The number of thiophene rings is 1. The Kier molecular flexibility index (Phi) is 6.24. The molecule has 1 aliphatic rings. The summed E-state index contributed by atoms with van der Waals surface area (Å²) in [5.74, 6) is 0.604. The molecular weight excluding hydrogens is 378 g/mol. The maximum Gasteiger partial charge on any atom is 0.341 e. The molecule has 0 aliphatic heterocycles. The van der Waals surface area contributed by atoms with E-state index in [0.29, 0.717) is 34.2 Å². The summed E-state index contributed by atoms with van der Waals surface area (Å²) in [6.07, 6.45) is 3.03. The maximum atomic E-state index is 12.9. The number of methoxy groups -OCH3 is 2. The normalized spacial score (nSPS) is 15.5. The molecule has 0 fully saturated rings. The van der Waals surface area contributed by atoms with Crippen LogP contribution in [0.5, 0.6) is 11.5 Å². The van der Waals surface area contributed by atoms with Crippen molar-refractivity contribution in [1.82, 2.24) is 0 Å². The van der Waals surface area contributed by atoms with Crippen molar-refractivity contribution in [2.45, 2.75) is 39.0 Å². The zero-order valence-electron chi connectivity index (χ0n) is 16.6. The fourth-order valence-corrected chi connectivity index (χ4v) is 4.90. The Morgan fingerprint density at radius 2 is 1.96 bits per heavy atom. The molecule has 0 bridgehead atoms. The first-order valence-corrected chi connectivity index (χ1v) is 10.2. The average molecular weight is 404 g/mol. The molecule has 150 valence electrons. The van der Waals surface area contributed by atoms with Gasteiger partial charge in [0.15, 0.2) is 11.5 Å². The zero-order chi connectivity index (χ0) is 20.3. The summed E-state index contributed by atoms with van der Waals surface area (Å²) in [5.41, 5.74) is 1.95. The first-order chi connectivity index (χ1) is 13.5. The smallest absolute Gasteiger partial charge is 0.341 e. The number of fused-ring (bicyclic) bond motifs is 1. The van der Waals surface area contributed by atoms with Crippen LogP contribution in [0.1, 0.15) is 63.8 Å². The zero-order valence-corrected chi connectivity index (χ0v) is 17.4. The topological polar surface area (TPSA) is 73.9 Å². The summed E-state index contributed by atoms with van der Waals surface area (Å²) >= 11 is 1.47.